The summed E-state index contributed by atoms with van der Waals surface area (Å²) in [5.74, 6) is 1.07. The molecule has 0 spiro atoms. The van der Waals surface area contributed by atoms with Crippen LogP contribution in [0.1, 0.15) is 25.3 Å². The van der Waals surface area contributed by atoms with Crippen molar-refractivity contribution in [1.29, 1.82) is 0 Å². The zero-order valence-corrected chi connectivity index (χ0v) is 13.6. The van der Waals surface area contributed by atoms with Crippen molar-refractivity contribution in [2.45, 2.75) is 31.8 Å². The van der Waals surface area contributed by atoms with Crippen LogP contribution in [0.3, 0.4) is 0 Å². The number of rotatable bonds is 5. The molecule has 1 aromatic carbocycles. The van der Waals surface area contributed by atoms with E-state index in [1.165, 1.54) is 6.08 Å². The van der Waals surface area contributed by atoms with Crippen LogP contribution in [0.2, 0.25) is 0 Å². The monoisotopic (exact) mass is 318 g/mol. The van der Waals surface area contributed by atoms with Gasteiger partial charge in [-0.25, -0.2) is 0 Å². The molecule has 1 aliphatic rings. The minimum atomic E-state index is -0.234. The summed E-state index contributed by atoms with van der Waals surface area (Å²) in [4.78, 5) is 23.5. The van der Waals surface area contributed by atoms with E-state index in [4.69, 9.17) is 9.47 Å². The van der Waals surface area contributed by atoms with Gasteiger partial charge in [0.05, 0.1) is 14.2 Å². The second-order valence-electron chi connectivity index (χ2n) is 5.56. The van der Waals surface area contributed by atoms with Crippen LogP contribution in [0.4, 0.5) is 0 Å². The highest BCUT2D eigenvalue weighted by Gasteiger charge is 2.24. The Morgan fingerprint density at radius 1 is 1.35 bits per heavy atom. The van der Waals surface area contributed by atoms with Crippen molar-refractivity contribution in [3.8, 4) is 11.5 Å². The van der Waals surface area contributed by atoms with E-state index >= 15 is 0 Å². The number of benzene rings is 1. The maximum absolute atomic E-state index is 12.1. The van der Waals surface area contributed by atoms with E-state index in [1.807, 2.05) is 6.92 Å². The van der Waals surface area contributed by atoms with Gasteiger partial charge in [-0.15, -0.1) is 0 Å². The van der Waals surface area contributed by atoms with Crippen molar-refractivity contribution in [1.82, 2.24) is 10.6 Å². The number of nitrogens with one attached hydrogen (secondary N) is 2. The topological polar surface area (TPSA) is 76.7 Å². The molecule has 1 aromatic rings. The standard InChI is InChI=1S/C17H22N2O4/c1-11-8-13(10-17(21)18-11)19-16(20)7-4-12-9-14(22-2)5-6-15(12)23-3/h4-7,9,11,13H,8,10H2,1-3H3,(H,18,21)(H,19,20). The fourth-order valence-corrected chi connectivity index (χ4v) is 2.62. The van der Waals surface area contributed by atoms with E-state index in [-0.39, 0.29) is 23.9 Å². The average molecular weight is 318 g/mol. The summed E-state index contributed by atoms with van der Waals surface area (Å²) in [6.45, 7) is 1.92. The summed E-state index contributed by atoms with van der Waals surface area (Å²) in [7, 11) is 3.15. The van der Waals surface area contributed by atoms with Crippen LogP contribution in [0.25, 0.3) is 6.08 Å². The lowest BCUT2D eigenvalue weighted by Gasteiger charge is -2.27. The lowest BCUT2D eigenvalue weighted by atomic mass is 10.00. The first-order chi connectivity index (χ1) is 11.0. The summed E-state index contributed by atoms with van der Waals surface area (Å²) in [6, 6.07) is 5.30. The Balaban J connectivity index is 2.02. The molecule has 1 heterocycles. The molecular weight excluding hydrogens is 296 g/mol. The highest BCUT2D eigenvalue weighted by molar-refractivity contribution is 5.93. The molecule has 0 bridgehead atoms. The van der Waals surface area contributed by atoms with Crippen molar-refractivity contribution in [2.75, 3.05) is 14.2 Å². The van der Waals surface area contributed by atoms with Crippen LogP contribution in [0.15, 0.2) is 24.3 Å². The number of amides is 2. The molecule has 2 rings (SSSR count). The summed E-state index contributed by atoms with van der Waals surface area (Å²) < 4.78 is 10.4. The quantitative estimate of drug-likeness (QED) is 0.807. The van der Waals surface area contributed by atoms with Gasteiger partial charge in [-0.05, 0) is 37.6 Å². The van der Waals surface area contributed by atoms with Gasteiger partial charge in [0, 0.05) is 30.1 Å². The van der Waals surface area contributed by atoms with Gasteiger partial charge in [0.25, 0.3) is 0 Å². The number of methoxy groups -OCH3 is 2. The summed E-state index contributed by atoms with van der Waals surface area (Å²) >= 11 is 0. The molecule has 23 heavy (non-hydrogen) atoms. The fourth-order valence-electron chi connectivity index (χ4n) is 2.62. The molecule has 124 valence electrons. The van der Waals surface area contributed by atoms with Gasteiger partial charge in [-0.3, -0.25) is 9.59 Å². The van der Waals surface area contributed by atoms with Crippen LogP contribution in [-0.4, -0.2) is 38.1 Å². The predicted molar refractivity (Wildman–Crippen MR) is 87.3 cm³/mol. The van der Waals surface area contributed by atoms with Crippen LogP contribution < -0.4 is 20.1 Å². The smallest absolute Gasteiger partial charge is 0.244 e. The van der Waals surface area contributed by atoms with Crippen LogP contribution in [-0.2, 0) is 9.59 Å². The van der Waals surface area contributed by atoms with Crippen molar-refractivity contribution in [3.63, 3.8) is 0 Å². The Bertz CT molecular complexity index is 613. The first-order valence-electron chi connectivity index (χ1n) is 7.51. The van der Waals surface area contributed by atoms with E-state index in [1.54, 1.807) is 38.5 Å². The third kappa shape index (κ3) is 4.74. The number of piperidine rings is 1. The second-order valence-corrected chi connectivity index (χ2v) is 5.56. The van der Waals surface area contributed by atoms with Crippen molar-refractivity contribution < 1.29 is 19.1 Å². The Kier molecular flexibility index (Phi) is 5.62. The third-order valence-electron chi connectivity index (χ3n) is 3.67. The maximum atomic E-state index is 12.1. The predicted octanol–water partition coefficient (Wildman–Crippen LogP) is 1.50. The maximum Gasteiger partial charge on any atom is 0.244 e. The lowest BCUT2D eigenvalue weighted by molar-refractivity contribution is -0.124. The van der Waals surface area contributed by atoms with Gasteiger partial charge < -0.3 is 20.1 Å². The SMILES string of the molecule is COc1ccc(OC)c(C=CC(=O)NC2CC(=O)NC(C)C2)c1. The molecule has 6 heteroatoms. The Hall–Kier alpha value is -2.50. The molecule has 0 aromatic heterocycles. The Morgan fingerprint density at radius 3 is 2.78 bits per heavy atom. The fraction of sp³-hybridized carbons (Fsp3) is 0.412. The molecule has 0 radical (unpaired) electrons. The van der Waals surface area contributed by atoms with Crippen LogP contribution in [0, 0.1) is 0 Å². The molecule has 1 fully saturated rings. The van der Waals surface area contributed by atoms with E-state index in [0.29, 0.717) is 17.9 Å². The van der Waals surface area contributed by atoms with Crippen molar-refractivity contribution in [3.05, 3.63) is 29.8 Å². The number of carbonyl (C=O) groups excluding carboxylic acids is 2. The molecule has 2 atom stereocenters. The van der Waals surface area contributed by atoms with Gasteiger partial charge in [-0.1, -0.05) is 0 Å². The highest BCUT2D eigenvalue weighted by Crippen LogP contribution is 2.25. The van der Waals surface area contributed by atoms with E-state index in [2.05, 4.69) is 10.6 Å². The molecule has 2 amide bonds. The Morgan fingerprint density at radius 2 is 2.13 bits per heavy atom. The first kappa shape index (κ1) is 16.9. The average Bonchev–Trinajstić information content (AvgIpc) is 2.51. The highest BCUT2D eigenvalue weighted by atomic mass is 16.5. The number of carbonyl (C=O) groups is 2. The normalized spacial score (nSPS) is 20.9. The van der Waals surface area contributed by atoms with Gasteiger partial charge in [-0.2, -0.15) is 0 Å². The molecule has 2 N–H and O–H groups in total. The molecule has 1 saturated heterocycles. The van der Waals surface area contributed by atoms with Gasteiger partial charge >= 0.3 is 0 Å². The first-order valence-corrected chi connectivity index (χ1v) is 7.51. The largest absolute Gasteiger partial charge is 0.497 e. The van der Waals surface area contributed by atoms with E-state index in [0.717, 1.165) is 12.0 Å². The van der Waals surface area contributed by atoms with E-state index < -0.39 is 0 Å². The molecule has 2 unspecified atom stereocenters. The molecular formula is C17H22N2O4. The lowest BCUT2D eigenvalue weighted by Crippen LogP contribution is -2.49. The van der Waals surface area contributed by atoms with Gasteiger partial charge in [0.1, 0.15) is 11.5 Å². The van der Waals surface area contributed by atoms with Crippen molar-refractivity contribution >= 4 is 17.9 Å². The Labute approximate surface area is 135 Å². The van der Waals surface area contributed by atoms with Crippen molar-refractivity contribution in [2.24, 2.45) is 0 Å². The molecule has 0 aliphatic carbocycles. The van der Waals surface area contributed by atoms with Gasteiger partial charge in [0.15, 0.2) is 0 Å². The van der Waals surface area contributed by atoms with Crippen LogP contribution >= 0.6 is 0 Å². The number of hydrogen-bond acceptors (Lipinski definition) is 4. The molecule has 1 aliphatic heterocycles. The zero-order valence-electron chi connectivity index (χ0n) is 13.6. The molecule has 6 nitrogen and oxygen atoms in total. The summed E-state index contributed by atoms with van der Waals surface area (Å²) in [6.07, 6.45) is 4.15. The van der Waals surface area contributed by atoms with Crippen LogP contribution in [0.5, 0.6) is 11.5 Å². The number of ether oxygens (including phenoxy) is 2. The van der Waals surface area contributed by atoms with Gasteiger partial charge in [0.2, 0.25) is 11.8 Å². The number of hydrogen-bond donors (Lipinski definition) is 2. The third-order valence-corrected chi connectivity index (χ3v) is 3.67. The summed E-state index contributed by atoms with van der Waals surface area (Å²) in [5.41, 5.74) is 0.747. The van der Waals surface area contributed by atoms with E-state index in [9.17, 15) is 9.59 Å². The summed E-state index contributed by atoms with van der Waals surface area (Å²) in [5, 5.41) is 5.69. The second kappa shape index (κ2) is 7.67. The minimum Gasteiger partial charge on any atom is -0.497 e. The molecule has 0 saturated carbocycles. The zero-order chi connectivity index (χ0) is 16.8. The minimum absolute atomic E-state index is 0.0347.